The van der Waals surface area contributed by atoms with Gasteiger partial charge in [0.25, 0.3) is 0 Å². The first kappa shape index (κ1) is 17.3. The number of nitrogens with zero attached hydrogens (tertiary/aromatic N) is 2. The van der Waals surface area contributed by atoms with Crippen LogP contribution in [0.2, 0.25) is 0 Å². The van der Waals surface area contributed by atoms with E-state index in [1.807, 2.05) is 42.2 Å². The van der Waals surface area contributed by atoms with Crippen LogP contribution in [-0.4, -0.2) is 37.6 Å². The number of carbonyl (C=O) groups excluding carboxylic acids is 1. The van der Waals surface area contributed by atoms with Gasteiger partial charge < -0.3 is 14.5 Å². The molecule has 2 aromatic rings. The van der Waals surface area contributed by atoms with E-state index in [2.05, 4.69) is 30.1 Å². The van der Waals surface area contributed by atoms with E-state index < -0.39 is 0 Å². The van der Waals surface area contributed by atoms with E-state index in [9.17, 15) is 4.79 Å². The largest absolute Gasteiger partial charge is 0.494 e. The molecule has 1 amide bonds. The van der Waals surface area contributed by atoms with Crippen LogP contribution in [0.15, 0.2) is 48.5 Å². The third kappa shape index (κ3) is 4.53. The summed E-state index contributed by atoms with van der Waals surface area (Å²) in [6.07, 6.45) is 1.26. The Morgan fingerprint density at radius 1 is 1.12 bits per heavy atom. The summed E-state index contributed by atoms with van der Waals surface area (Å²) in [5.74, 6) is 1.08. The number of amides is 1. The Balaban J connectivity index is 1.50. The van der Waals surface area contributed by atoms with Crippen molar-refractivity contribution in [3.8, 4) is 5.75 Å². The van der Waals surface area contributed by atoms with Crippen LogP contribution in [0.1, 0.15) is 24.0 Å². The molecule has 25 heavy (non-hydrogen) atoms. The second kappa shape index (κ2) is 8.06. The fraction of sp³-hybridized carbons (Fsp3) is 0.381. The molecule has 1 heterocycles. The lowest BCUT2D eigenvalue weighted by Crippen LogP contribution is -2.34. The van der Waals surface area contributed by atoms with E-state index in [1.54, 1.807) is 0 Å². The fourth-order valence-electron chi connectivity index (χ4n) is 3.18. The first-order valence-electron chi connectivity index (χ1n) is 8.90. The van der Waals surface area contributed by atoms with Crippen LogP contribution in [0.4, 0.5) is 5.69 Å². The van der Waals surface area contributed by atoms with Gasteiger partial charge in [-0.15, -0.1) is 0 Å². The molecule has 4 nitrogen and oxygen atoms in total. The average Bonchev–Trinajstić information content (AvgIpc) is 2.78. The Kier molecular flexibility index (Phi) is 5.59. The summed E-state index contributed by atoms with van der Waals surface area (Å²) in [6.45, 7) is 4.94. The van der Waals surface area contributed by atoms with Gasteiger partial charge in [0.15, 0.2) is 0 Å². The maximum Gasteiger partial charge on any atom is 0.223 e. The minimum absolute atomic E-state index is 0.206. The average molecular weight is 338 g/mol. The van der Waals surface area contributed by atoms with E-state index in [-0.39, 0.29) is 5.91 Å². The Hall–Kier alpha value is -2.49. The number of carbonyl (C=O) groups is 1. The molecular weight excluding hydrogens is 312 g/mol. The zero-order valence-electron chi connectivity index (χ0n) is 15.1. The summed E-state index contributed by atoms with van der Waals surface area (Å²) < 4.78 is 5.74. The van der Waals surface area contributed by atoms with Crippen LogP contribution >= 0.6 is 0 Å². The van der Waals surface area contributed by atoms with Gasteiger partial charge in [-0.3, -0.25) is 4.79 Å². The van der Waals surface area contributed by atoms with E-state index in [1.165, 1.54) is 16.8 Å². The molecule has 0 radical (unpaired) electrons. The van der Waals surface area contributed by atoms with E-state index >= 15 is 0 Å². The number of anilines is 1. The van der Waals surface area contributed by atoms with Crippen LogP contribution < -0.4 is 9.64 Å². The highest BCUT2D eigenvalue weighted by atomic mass is 16.5. The Labute approximate surface area is 150 Å². The lowest BCUT2D eigenvalue weighted by molar-refractivity contribution is -0.131. The van der Waals surface area contributed by atoms with Crippen LogP contribution in [0, 0.1) is 6.92 Å². The summed E-state index contributed by atoms with van der Waals surface area (Å²) in [7, 11) is 2.09. The van der Waals surface area contributed by atoms with Gasteiger partial charge >= 0.3 is 0 Å². The van der Waals surface area contributed by atoms with Crippen molar-refractivity contribution in [2.45, 2.75) is 26.3 Å². The highest BCUT2D eigenvalue weighted by Crippen LogP contribution is 2.24. The van der Waals surface area contributed by atoms with Gasteiger partial charge in [-0.05, 0) is 42.7 Å². The van der Waals surface area contributed by atoms with Crippen LogP contribution in [0.3, 0.4) is 0 Å². The predicted octanol–water partition coefficient (Wildman–Crippen LogP) is 3.63. The molecule has 0 N–H and O–H groups in total. The van der Waals surface area contributed by atoms with Gasteiger partial charge in [-0.2, -0.15) is 0 Å². The topological polar surface area (TPSA) is 32.8 Å². The Bertz CT molecular complexity index is 729. The normalized spacial score (nSPS) is 14.0. The van der Waals surface area contributed by atoms with Crippen molar-refractivity contribution in [3.63, 3.8) is 0 Å². The second-order valence-electron chi connectivity index (χ2n) is 6.63. The number of aryl methyl sites for hydroxylation is 1. The van der Waals surface area contributed by atoms with Crippen LogP contribution in [0.25, 0.3) is 0 Å². The monoisotopic (exact) mass is 338 g/mol. The summed E-state index contributed by atoms with van der Waals surface area (Å²) in [4.78, 5) is 16.8. The molecule has 1 aliphatic rings. The van der Waals surface area contributed by atoms with E-state index in [0.29, 0.717) is 19.6 Å². The summed E-state index contributed by atoms with van der Waals surface area (Å²) in [5.41, 5.74) is 3.62. The fourth-order valence-corrected chi connectivity index (χ4v) is 3.18. The van der Waals surface area contributed by atoms with E-state index in [4.69, 9.17) is 4.74 Å². The minimum Gasteiger partial charge on any atom is -0.494 e. The molecular formula is C21H26N2O2. The number of benzene rings is 2. The van der Waals surface area contributed by atoms with Crippen LogP contribution in [-0.2, 0) is 11.3 Å². The molecule has 0 saturated carbocycles. The smallest absolute Gasteiger partial charge is 0.223 e. The molecule has 2 aromatic carbocycles. The zero-order valence-corrected chi connectivity index (χ0v) is 15.1. The molecule has 0 aliphatic carbocycles. The van der Waals surface area contributed by atoms with Gasteiger partial charge in [-0.1, -0.05) is 30.3 Å². The molecule has 1 aliphatic heterocycles. The Morgan fingerprint density at radius 2 is 1.96 bits per heavy atom. The lowest BCUT2D eigenvalue weighted by Gasteiger charge is -2.21. The second-order valence-corrected chi connectivity index (χ2v) is 6.63. The molecule has 4 heteroatoms. The van der Waals surface area contributed by atoms with Gasteiger partial charge in [0.05, 0.1) is 6.61 Å². The van der Waals surface area contributed by atoms with Crippen LogP contribution in [0.5, 0.6) is 5.75 Å². The molecule has 132 valence electrons. The molecule has 0 bridgehead atoms. The molecule has 0 fully saturated rings. The number of rotatable bonds is 5. The third-order valence-corrected chi connectivity index (χ3v) is 4.62. The maximum absolute atomic E-state index is 12.6. The van der Waals surface area contributed by atoms with Crippen molar-refractivity contribution in [2.75, 3.05) is 31.6 Å². The van der Waals surface area contributed by atoms with Crippen molar-refractivity contribution in [3.05, 3.63) is 59.7 Å². The van der Waals surface area contributed by atoms with Crippen molar-refractivity contribution >= 4 is 11.6 Å². The van der Waals surface area contributed by atoms with Gasteiger partial charge in [0.1, 0.15) is 5.75 Å². The molecule has 3 rings (SSSR count). The standard InChI is InChI=1S/C21H26N2O2/c1-17-7-5-9-19(15-17)25-14-6-11-21(24)23-13-12-22(2)20-10-4-3-8-18(20)16-23/h3-5,7-10,15H,6,11-14,16H2,1-2H3. The predicted molar refractivity (Wildman–Crippen MR) is 101 cm³/mol. The van der Waals surface area contributed by atoms with Crippen molar-refractivity contribution in [1.29, 1.82) is 0 Å². The summed E-state index contributed by atoms with van der Waals surface area (Å²) in [5, 5.41) is 0. The first-order chi connectivity index (χ1) is 12.1. The highest BCUT2D eigenvalue weighted by Gasteiger charge is 2.20. The number of hydrogen-bond acceptors (Lipinski definition) is 3. The molecule has 0 aromatic heterocycles. The van der Waals surface area contributed by atoms with E-state index in [0.717, 1.165) is 25.3 Å². The summed E-state index contributed by atoms with van der Waals surface area (Å²) >= 11 is 0. The number of likely N-dealkylation sites (N-methyl/N-ethyl adjacent to an activating group) is 1. The third-order valence-electron chi connectivity index (χ3n) is 4.62. The van der Waals surface area contributed by atoms with Gasteiger partial charge in [-0.25, -0.2) is 0 Å². The number of hydrogen-bond donors (Lipinski definition) is 0. The quantitative estimate of drug-likeness (QED) is 0.781. The molecule has 0 unspecified atom stereocenters. The van der Waals surface area contributed by atoms with Crippen molar-refractivity contribution in [2.24, 2.45) is 0 Å². The lowest BCUT2D eigenvalue weighted by atomic mass is 10.1. The van der Waals surface area contributed by atoms with Crippen molar-refractivity contribution in [1.82, 2.24) is 4.90 Å². The highest BCUT2D eigenvalue weighted by molar-refractivity contribution is 5.76. The Morgan fingerprint density at radius 3 is 2.80 bits per heavy atom. The SMILES string of the molecule is Cc1cccc(OCCCC(=O)N2CCN(C)c3ccccc3C2)c1. The molecule has 0 spiro atoms. The zero-order chi connectivity index (χ0) is 17.6. The maximum atomic E-state index is 12.6. The minimum atomic E-state index is 0.206. The van der Waals surface area contributed by atoms with Gasteiger partial charge in [0, 0.05) is 38.8 Å². The number of para-hydroxylation sites is 1. The summed E-state index contributed by atoms with van der Waals surface area (Å²) in [6, 6.07) is 16.3. The van der Waals surface area contributed by atoms with Crippen molar-refractivity contribution < 1.29 is 9.53 Å². The number of ether oxygens (including phenoxy) is 1. The molecule has 0 atom stereocenters. The first-order valence-corrected chi connectivity index (χ1v) is 8.90. The molecule has 0 saturated heterocycles. The number of fused-ring (bicyclic) bond motifs is 1. The van der Waals surface area contributed by atoms with Gasteiger partial charge in [0.2, 0.25) is 5.91 Å².